The van der Waals surface area contributed by atoms with Crippen molar-refractivity contribution in [3.8, 4) is 0 Å². The van der Waals surface area contributed by atoms with E-state index in [0.717, 1.165) is 28.7 Å². The monoisotopic (exact) mass is 315 g/mol. The van der Waals surface area contributed by atoms with E-state index in [1.807, 2.05) is 18.7 Å². The number of nitrogens with zero attached hydrogens (tertiary/aromatic N) is 2. The fraction of sp³-hybridized carbons (Fsp3) is 0.769. The normalized spacial score (nSPS) is 35.1. The average molecular weight is 316 g/mol. The van der Waals surface area contributed by atoms with Gasteiger partial charge in [0, 0.05) is 25.6 Å². The lowest BCUT2D eigenvalue weighted by molar-refractivity contribution is 0.0871. The maximum atomic E-state index is 15.1. The van der Waals surface area contributed by atoms with Crippen LogP contribution in [0.25, 0.3) is 0 Å². The van der Waals surface area contributed by atoms with Crippen LogP contribution < -0.4 is 5.32 Å². The van der Waals surface area contributed by atoms with Crippen LogP contribution in [0.1, 0.15) is 37.1 Å². The van der Waals surface area contributed by atoms with Crippen LogP contribution in [-0.4, -0.2) is 27.5 Å². The molecule has 2 bridgehead atoms. The summed E-state index contributed by atoms with van der Waals surface area (Å²) >= 11 is 3.53. The lowest BCUT2D eigenvalue weighted by Gasteiger charge is -2.35. The number of hydrogen-bond donors (Lipinski definition) is 1. The van der Waals surface area contributed by atoms with Gasteiger partial charge in [-0.2, -0.15) is 5.10 Å². The van der Waals surface area contributed by atoms with Gasteiger partial charge in [-0.1, -0.05) is 0 Å². The van der Waals surface area contributed by atoms with Gasteiger partial charge >= 0.3 is 0 Å². The Hall–Kier alpha value is -0.420. The zero-order valence-electron chi connectivity index (χ0n) is 10.8. The maximum Gasteiger partial charge on any atom is 0.119 e. The molecule has 1 aromatic rings. The first-order valence-corrected chi connectivity index (χ1v) is 7.39. The Morgan fingerprint density at radius 2 is 2.06 bits per heavy atom. The smallest absolute Gasteiger partial charge is 0.119 e. The lowest BCUT2D eigenvalue weighted by atomic mass is 9.85. The number of piperidine rings is 1. The van der Waals surface area contributed by atoms with Gasteiger partial charge in [0.2, 0.25) is 0 Å². The highest BCUT2D eigenvalue weighted by Gasteiger charge is 2.44. The quantitative estimate of drug-likeness (QED) is 0.909. The molecule has 2 fully saturated rings. The Bertz CT molecular complexity index is 459. The average Bonchev–Trinajstić information content (AvgIpc) is 2.74. The Balaban J connectivity index is 1.83. The van der Waals surface area contributed by atoms with Crippen LogP contribution in [0.2, 0.25) is 0 Å². The molecule has 3 rings (SSSR count). The van der Waals surface area contributed by atoms with Crippen LogP contribution in [0.15, 0.2) is 4.47 Å². The first-order chi connectivity index (χ1) is 8.47. The molecule has 2 aliphatic rings. The molecule has 2 atom stereocenters. The predicted molar refractivity (Wildman–Crippen MR) is 72.4 cm³/mol. The van der Waals surface area contributed by atoms with Gasteiger partial charge in [0.1, 0.15) is 5.67 Å². The number of nitrogens with one attached hydrogen (secondary N) is 1. The van der Waals surface area contributed by atoms with E-state index in [2.05, 4.69) is 26.3 Å². The molecular weight excluding hydrogens is 297 g/mol. The van der Waals surface area contributed by atoms with E-state index in [1.165, 1.54) is 0 Å². The van der Waals surface area contributed by atoms with Crippen molar-refractivity contribution in [2.24, 2.45) is 7.05 Å². The standard InChI is InChI=1S/C13H19BrFN3/c1-8-12(14)11(18(2)17-8)7-13(15)5-9-3-4-10(6-13)16-9/h9-10,16H,3-7H2,1-2H3. The van der Waals surface area contributed by atoms with Gasteiger partial charge in [0.15, 0.2) is 0 Å². The molecule has 3 heterocycles. The van der Waals surface area contributed by atoms with Gasteiger partial charge in [-0.15, -0.1) is 0 Å². The van der Waals surface area contributed by atoms with E-state index in [-0.39, 0.29) is 0 Å². The van der Waals surface area contributed by atoms with Crippen LogP contribution in [0.4, 0.5) is 4.39 Å². The summed E-state index contributed by atoms with van der Waals surface area (Å²) in [6.07, 6.45) is 4.00. The molecule has 0 spiro atoms. The summed E-state index contributed by atoms with van der Waals surface area (Å²) in [6.45, 7) is 1.95. The fourth-order valence-corrected chi connectivity index (χ4v) is 3.98. The molecule has 100 valence electrons. The minimum atomic E-state index is -1.07. The Labute approximate surface area is 115 Å². The highest BCUT2D eigenvalue weighted by atomic mass is 79.9. The third-order valence-corrected chi connectivity index (χ3v) is 5.34. The number of alkyl halides is 1. The first-order valence-electron chi connectivity index (χ1n) is 6.60. The van der Waals surface area contributed by atoms with Crippen molar-refractivity contribution in [2.45, 2.75) is 56.8 Å². The minimum Gasteiger partial charge on any atom is -0.311 e. The van der Waals surface area contributed by atoms with Crippen molar-refractivity contribution < 1.29 is 4.39 Å². The predicted octanol–water partition coefficient (Wildman–Crippen LogP) is 2.66. The summed E-state index contributed by atoms with van der Waals surface area (Å²) < 4.78 is 17.8. The van der Waals surface area contributed by atoms with Gasteiger partial charge in [0.25, 0.3) is 0 Å². The molecular formula is C13H19BrFN3. The van der Waals surface area contributed by atoms with Crippen molar-refractivity contribution in [1.29, 1.82) is 0 Å². The highest BCUT2D eigenvalue weighted by Crippen LogP contribution is 2.40. The van der Waals surface area contributed by atoms with E-state index in [1.54, 1.807) is 0 Å². The molecule has 1 aromatic heterocycles. The maximum absolute atomic E-state index is 15.1. The number of hydrogen-bond acceptors (Lipinski definition) is 2. The first kappa shape index (κ1) is 12.6. The minimum absolute atomic E-state index is 0.377. The summed E-state index contributed by atoms with van der Waals surface area (Å²) in [5.41, 5.74) is 0.851. The van der Waals surface area contributed by atoms with Crippen molar-refractivity contribution >= 4 is 15.9 Å². The molecule has 2 unspecified atom stereocenters. The number of halogens is 2. The molecule has 3 nitrogen and oxygen atoms in total. The number of rotatable bonds is 2. The van der Waals surface area contributed by atoms with E-state index in [4.69, 9.17) is 0 Å². The summed E-state index contributed by atoms with van der Waals surface area (Å²) in [4.78, 5) is 0. The van der Waals surface area contributed by atoms with E-state index < -0.39 is 5.67 Å². The van der Waals surface area contributed by atoms with Crippen molar-refractivity contribution in [1.82, 2.24) is 15.1 Å². The summed E-state index contributed by atoms with van der Waals surface area (Å²) in [6, 6.07) is 0.753. The van der Waals surface area contributed by atoms with Crippen LogP contribution >= 0.6 is 15.9 Å². The largest absolute Gasteiger partial charge is 0.311 e. The van der Waals surface area contributed by atoms with Crippen LogP contribution in [0.5, 0.6) is 0 Å². The van der Waals surface area contributed by atoms with Crippen LogP contribution in [0.3, 0.4) is 0 Å². The molecule has 18 heavy (non-hydrogen) atoms. The van der Waals surface area contributed by atoms with Gasteiger partial charge < -0.3 is 5.32 Å². The molecule has 2 saturated heterocycles. The number of aromatic nitrogens is 2. The molecule has 0 aromatic carbocycles. The van der Waals surface area contributed by atoms with Crippen LogP contribution in [-0.2, 0) is 13.5 Å². The molecule has 0 saturated carbocycles. The highest BCUT2D eigenvalue weighted by molar-refractivity contribution is 9.10. The third kappa shape index (κ3) is 2.11. The second-order valence-electron chi connectivity index (χ2n) is 5.84. The van der Waals surface area contributed by atoms with Gasteiger partial charge in [-0.05, 0) is 48.5 Å². The zero-order chi connectivity index (χ0) is 12.9. The van der Waals surface area contributed by atoms with E-state index >= 15 is 4.39 Å². The number of fused-ring (bicyclic) bond motifs is 2. The molecule has 0 aliphatic carbocycles. The van der Waals surface area contributed by atoms with Gasteiger partial charge in [-0.25, -0.2) is 4.39 Å². The number of aryl methyl sites for hydroxylation is 2. The summed E-state index contributed by atoms with van der Waals surface area (Å²) in [5, 5.41) is 7.84. The van der Waals surface area contributed by atoms with E-state index in [9.17, 15) is 0 Å². The topological polar surface area (TPSA) is 29.9 Å². The van der Waals surface area contributed by atoms with Crippen molar-refractivity contribution in [3.05, 3.63) is 15.9 Å². The van der Waals surface area contributed by atoms with E-state index in [0.29, 0.717) is 31.3 Å². The lowest BCUT2D eigenvalue weighted by Crippen LogP contribution is -2.47. The molecule has 5 heteroatoms. The Morgan fingerprint density at radius 1 is 1.44 bits per heavy atom. The molecule has 2 aliphatic heterocycles. The summed E-state index contributed by atoms with van der Waals surface area (Å²) in [7, 11) is 1.89. The zero-order valence-corrected chi connectivity index (χ0v) is 12.4. The Kier molecular flexibility index (Phi) is 3.01. The van der Waals surface area contributed by atoms with Crippen molar-refractivity contribution in [2.75, 3.05) is 0 Å². The van der Waals surface area contributed by atoms with Crippen LogP contribution in [0, 0.1) is 6.92 Å². The van der Waals surface area contributed by atoms with Crippen molar-refractivity contribution in [3.63, 3.8) is 0 Å². The third-order valence-electron chi connectivity index (χ3n) is 4.31. The second-order valence-corrected chi connectivity index (χ2v) is 6.64. The molecule has 0 radical (unpaired) electrons. The van der Waals surface area contributed by atoms with Gasteiger partial charge in [0.05, 0.1) is 15.9 Å². The van der Waals surface area contributed by atoms with Gasteiger partial charge in [-0.3, -0.25) is 4.68 Å². The second kappa shape index (κ2) is 4.30. The Morgan fingerprint density at radius 3 is 2.56 bits per heavy atom. The SMILES string of the molecule is Cc1nn(C)c(CC2(F)CC3CCC(C2)N3)c1Br. The fourth-order valence-electron chi connectivity index (χ4n) is 3.51. The molecule has 0 amide bonds. The molecule has 1 N–H and O–H groups in total. The summed E-state index contributed by atoms with van der Waals surface area (Å²) in [5.74, 6) is 0.